The van der Waals surface area contributed by atoms with Gasteiger partial charge in [-0.25, -0.2) is 0 Å². The Balaban J connectivity index is 2.51. The third-order valence-corrected chi connectivity index (χ3v) is 3.91. The highest BCUT2D eigenvalue weighted by atomic mass is 16.4. The summed E-state index contributed by atoms with van der Waals surface area (Å²) >= 11 is 0. The first-order valence-corrected chi connectivity index (χ1v) is 6.60. The number of hydrogen-bond acceptors (Lipinski definition) is 2. The first-order chi connectivity index (χ1) is 9.06. The SMILES string of the molecule is CCC(C)[C@@H](c1c[nH]c2ccccc12)[C@H](N)C(=O)O. The Morgan fingerprint density at radius 2 is 2.11 bits per heavy atom. The van der Waals surface area contributed by atoms with E-state index in [1.807, 2.05) is 30.5 Å². The molecule has 0 aliphatic heterocycles. The van der Waals surface area contributed by atoms with Crippen LogP contribution in [0.4, 0.5) is 0 Å². The highest BCUT2D eigenvalue weighted by molar-refractivity contribution is 5.85. The van der Waals surface area contributed by atoms with Gasteiger partial charge in [0.1, 0.15) is 6.04 Å². The molecule has 2 rings (SSSR count). The summed E-state index contributed by atoms with van der Waals surface area (Å²) in [5, 5.41) is 10.3. The Labute approximate surface area is 112 Å². The molecule has 1 aromatic heterocycles. The van der Waals surface area contributed by atoms with Gasteiger partial charge in [0.05, 0.1) is 0 Å². The lowest BCUT2D eigenvalue weighted by Gasteiger charge is -2.26. The van der Waals surface area contributed by atoms with Crippen molar-refractivity contribution in [1.82, 2.24) is 4.98 Å². The monoisotopic (exact) mass is 260 g/mol. The minimum Gasteiger partial charge on any atom is -0.480 e. The summed E-state index contributed by atoms with van der Waals surface area (Å²) in [4.78, 5) is 14.5. The molecule has 0 bridgehead atoms. The second-order valence-electron chi connectivity index (χ2n) is 5.06. The summed E-state index contributed by atoms with van der Waals surface area (Å²) in [6.45, 7) is 4.11. The number of carboxylic acid groups (broad SMARTS) is 1. The van der Waals surface area contributed by atoms with E-state index in [4.69, 9.17) is 5.73 Å². The smallest absolute Gasteiger partial charge is 0.321 e. The number of aromatic nitrogens is 1. The van der Waals surface area contributed by atoms with Gasteiger partial charge in [-0.15, -0.1) is 0 Å². The van der Waals surface area contributed by atoms with Gasteiger partial charge >= 0.3 is 5.97 Å². The summed E-state index contributed by atoms with van der Waals surface area (Å²) < 4.78 is 0. The van der Waals surface area contributed by atoms with E-state index < -0.39 is 12.0 Å². The fraction of sp³-hybridized carbons (Fsp3) is 0.400. The molecule has 4 N–H and O–H groups in total. The van der Waals surface area contributed by atoms with Crippen LogP contribution in [-0.4, -0.2) is 22.1 Å². The molecule has 0 fully saturated rings. The predicted octanol–water partition coefficient (Wildman–Crippen LogP) is 2.71. The molecule has 1 heterocycles. The quantitative estimate of drug-likeness (QED) is 0.773. The van der Waals surface area contributed by atoms with Crippen LogP contribution >= 0.6 is 0 Å². The zero-order valence-corrected chi connectivity index (χ0v) is 11.3. The molecular formula is C15H20N2O2. The van der Waals surface area contributed by atoms with Crippen molar-refractivity contribution in [3.63, 3.8) is 0 Å². The number of para-hydroxylation sites is 1. The number of aliphatic carboxylic acids is 1. The van der Waals surface area contributed by atoms with Gasteiger partial charge in [-0.1, -0.05) is 38.5 Å². The normalized spacial score (nSPS) is 16.2. The molecule has 0 radical (unpaired) electrons. The van der Waals surface area contributed by atoms with E-state index in [1.165, 1.54) is 0 Å². The number of fused-ring (bicyclic) bond motifs is 1. The summed E-state index contributed by atoms with van der Waals surface area (Å²) in [5.74, 6) is -0.917. The third-order valence-electron chi connectivity index (χ3n) is 3.91. The van der Waals surface area contributed by atoms with E-state index in [2.05, 4.69) is 18.8 Å². The van der Waals surface area contributed by atoms with Gasteiger partial charge in [-0.3, -0.25) is 4.79 Å². The van der Waals surface area contributed by atoms with E-state index in [0.29, 0.717) is 0 Å². The van der Waals surface area contributed by atoms with Crippen LogP contribution in [0.5, 0.6) is 0 Å². The zero-order chi connectivity index (χ0) is 14.0. The van der Waals surface area contributed by atoms with Gasteiger partial charge in [0.25, 0.3) is 0 Å². The lowest BCUT2D eigenvalue weighted by molar-refractivity contribution is -0.139. The van der Waals surface area contributed by atoms with E-state index in [9.17, 15) is 9.90 Å². The number of carboxylic acids is 1. The van der Waals surface area contributed by atoms with Crippen molar-refractivity contribution in [3.05, 3.63) is 36.0 Å². The first-order valence-electron chi connectivity index (χ1n) is 6.60. The number of nitrogens with one attached hydrogen (secondary N) is 1. The van der Waals surface area contributed by atoms with Crippen molar-refractivity contribution >= 4 is 16.9 Å². The maximum Gasteiger partial charge on any atom is 0.321 e. The molecule has 4 heteroatoms. The van der Waals surface area contributed by atoms with Gasteiger partial charge in [0.2, 0.25) is 0 Å². The molecule has 0 amide bonds. The summed E-state index contributed by atoms with van der Waals surface area (Å²) in [6, 6.07) is 7.02. The number of hydrogen-bond donors (Lipinski definition) is 3. The third kappa shape index (κ3) is 2.49. The number of rotatable bonds is 5. The maximum atomic E-state index is 11.3. The van der Waals surface area contributed by atoms with Crippen LogP contribution in [0, 0.1) is 5.92 Å². The standard InChI is InChI=1S/C15H20N2O2/c1-3-9(2)13(14(16)15(18)19)11-8-17-12-7-5-4-6-10(11)12/h4-9,13-14,17H,3,16H2,1-2H3,(H,18,19)/t9?,13-,14-/m0/s1. The number of aromatic amines is 1. The van der Waals surface area contributed by atoms with Crippen LogP contribution in [0.2, 0.25) is 0 Å². The van der Waals surface area contributed by atoms with E-state index in [-0.39, 0.29) is 11.8 Å². The van der Waals surface area contributed by atoms with Crippen molar-refractivity contribution in [2.75, 3.05) is 0 Å². The number of nitrogens with two attached hydrogens (primary N) is 1. The molecule has 0 spiro atoms. The van der Waals surface area contributed by atoms with Crippen LogP contribution in [0.1, 0.15) is 31.7 Å². The minimum atomic E-state index is -0.949. The lowest BCUT2D eigenvalue weighted by atomic mass is 9.80. The van der Waals surface area contributed by atoms with Crippen molar-refractivity contribution in [1.29, 1.82) is 0 Å². The Morgan fingerprint density at radius 1 is 1.42 bits per heavy atom. The van der Waals surface area contributed by atoms with Gasteiger partial charge in [-0.2, -0.15) is 0 Å². The minimum absolute atomic E-state index is 0.182. The molecule has 0 aliphatic carbocycles. The predicted molar refractivity (Wildman–Crippen MR) is 76.1 cm³/mol. The topological polar surface area (TPSA) is 79.1 Å². The number of H-pyrrole nitrogens is 1. The van der Waals surface area contributed by atoms with Crippen LogP contribution in [0.25, 0.3) is 10.9 Å². The first kappa shape index (κ1) is 13.6. The number of carbonyl (C=O) groups is 1. The fourth-order valence-corrected chi connectivity index (χ4v) is 2.63. The Bertz CT molecular complexity index is 576. The van der Waals surface area contributed by atoms with Crippen LogP contribution in [0.3, 0.4) is 0 Å². The summed E-state index contributed by atoms with van der Waals surface area (Å²) in [6.07, 6.45) is 2.79. The van der Waals surface area contributed by atoms with Crippen molar-refractivity contribution in [2.24, 2.45) is 11.7 Å². The van der Waals surface area contributed by atoms with E-state index >= 15 is 0 Å². The highest BCUT2D eigenvalue weighted by Crippen LogP contribution is 2.34. The number of benzene rings is 1. The van der Waals surface area contributed by atoms with Gasteiger partial charge < -0.3 is 15.8 Å². The van der Waals surface area contributed by atoms with Crippen LogP contribution in [0.15, 0.2) is 30.5 Å². The molecule has 102 valence electrons. The van der Waals surface area contributed by atoms with Crippen molar-refractivity contribution in [3.8, 4) is 0 Å². The molecular weight excluding hydrogens is 240 g/mol. The van der Waals surface area contributed by atoms with E-state index in [1.54, 1.807) is 0 Å². The van der Waals surface area contributed by atoms with Gasteiger partial charge in [-0.05, 0) is 17.5 Å². The van der Waals surface area contributed by atoms with Crippen LogP contribution in [-0.2, 0) is 4.79 Å². The summed E-state index contributed by atoms with van der Waals surface area (Å²) in [5.41, 5.74) is 7.92. The molecule has 2 aromatic rings. The Hall–Kier alpha value is -1.81. The second-order valence-corrected chi connectivity index (χ2v) is 5.06. The largest absolute Gasteiger partial charge is 0.480 e. The maximum absolute atomic E-state index is 11.3. The second kappa shape index (κ2) is 5.45. The molecule has 3 atom stereocenters. The van der Waals surface area contributed by atoms with E-state index in [0.717, 1.165) is 22.9 Å². The van der Waals surface area contributed by atoms with Crippen LogP contribution < -0.4 is 5.73 Å². The molecule has 1 aromatic carbocycles. The Kier molecular flexibility index (Phi) is 3.90. The average molecular weight is 260 g/mol. The zero-order valence-electron chi connectivity index (χ0n) is 11.3. The molecule has 0 aliphatic rings. The van der Waals surface area contributed by atoms with Crippen molar-refractivity contribution < 1.29 is 9.90 Å². The average Bonchev–Trinajstić information content (AvgIpc) is 2.82. The van der Waals surface area contributed by atoms with Gasteiger partial charge in [0, 0.05) is 23.0 Å². The van der Waals surface area contributed by atoms with Gasteiger partial charge in [0.15, 0.2) is 0 Å². The fourth-order valence-electron chi connectivity index (χ4n) is 2.63. The molecule has 19 heavy (non-hydrogen) atoms. The molecule has 4 nitrogen and oxygen atoms in total. The summed E-state index contributed by atoms with van der Waals surface area (Å²) in [7, 11) is 0. The Morgan fingerprint density at radius 3 is 2.74 bits per heavy atom. The molecule has 0 saturated heterocycles. The highest BCUT2D eigenvalue weighted by Gasteiger charge is 2.31. The lowest BCUT2D eigenvalue weighted by Crippen LogP contribution is -2.39. The molecule has 1 unspecified atom stereocenters. The molecule has 0 saturated carbocycles. The van der Waals surface area contributed by atoms with Crippen molar-refractivity contribution in [2.45, 2.75) is 32.2 Å².